The van der Waals surface area contributed by atoms with E-state index in [1.165, 1.54) is 116 Å². The molecule has 0 aliphatic carbocycles. The van der Waals surface area contributed by atoms with Crippen molar-refractivity contribution in [2.45, 2.75) is 142 Å². The van der Waals surface area contributed by atoms with Crippen molar-refractivity contribution in [3.8, 4) is 35.2 Å². The van der Waals surface area contributed by atoms with Gasteiger partial charge in [0.2, 0.25) is 0 Å². The molecule has 2 heteroatoms. The molecule has 0 heterocycles. The van der Waals surface area contributed by atoms with Crippen LogP contribution in [0.3, 0.4) is 0 Å². The number of ether oxygens (including phenoxy) is 2. The Kier molecular flexibility index (Phi) is 21.3. The zero-order valence-corrected chi connectivity index (χ0v) is 30.3. The fourth-order valence-electron chi connectivity index (χ4n) is 5.75. The summed E-state index contributed by atoms with van der Waals surface area (Å²) in [6, 6.07) is 24.4. The first-order valence-corrected chi connectivity index (χ1v) is 19.4. The van der Waals surface area contributed by atoms with Crippen molar-refractivity contribution in [2.75, 3.05) is 13.2 Å². The number of hydrogen-bond donors (Lipinski definition) is 0. The second-order valence-electron chi connectivity index (χ2n) is 13.2. The van der Waals surface area contributed by atoms with E-state index in [2.05, 4.69) is 37.5 Å². The van der Waals surface area contributed by atoms with Gasteiger partial charge < -0.3 is 9.47 Å². The molecule has 0 spiro atoms. The van der Waals surface area contributed by atoms with Crippen molar-refractivity contribution >= 4 is 0 Å². The van der Waals surface area contributed by atoms with Crippen LogP contribution in [0.1, 0.15) is 165 Å². The van der Waals surface area contributed by atoms with Crippen molar-refractivity contribution in [3.05, 3.63) is 95.1 Å². The third-order valence-electron chi connectivity index (χ3n) is 8.83. The van der Waals surface area contributed by atoms with Crippen molar-refractivity contribution < 1.29 is 9.47 Å². The molecule has 3 aromatic carbocycles. The lowest BCUT2D eigenvalue weighted by Crippen LogP contribution is -1.97. The number of rotatable bonds is 24. The second kappa shape index (κ2) is 26.3. The minimum absolute atomic E-state index is 0.788. The summed E-state index contributed by atoms with van der Waals surface area (Å²) in [5.41, 5.74) is 3.93. The van der Waals surface area contributed by atoms with Gasteiger partial charge in [0.15, 0.2) is 0 Å². The van der Waals surface area contributed by atoms with Gasteiger partial charge in [0.05, 0.1) is 13.2 Å². The summed E-state index contributed by atoms with van der Waals surface area (Å²) in [7, 11) is 0. The van der Waals surface area contributed by atoms with E-state index in [4.69, 9.17) is 9.47 Å². The Balaban J connectivity index is 1.28. The fourth-order valence-corrected chi connectivity index (χ4v) is 5.75. The summed E-state index contributed by atoms with van der Waals surface area (Å²) in [5, 5.41) is 0. The van der Waals surface area contributed by atoms with Crippen LogP contribution >= 0.6 is 0 Å². The lowest BCUT2D eigenvalue weighted by Gasteiger charge is -2.06. The molecule has 0 fully saturated rings. The van der Waals surface area contributed by atoms with Gasteiger partial charge in [-0.05, 0) is 85.6 Å². The SMILES string of the molecule is CCCCCCCCCCCCOc1ccc(C#Cc2ccc(C#Cc3ccc(OCCCCCCCCCCCC)cc3)cc2)cc1. The summed E-state index contributed by atoms with van der Waals surface area (Å²) in [6.07, 6.45) is 26.8. The lowest BCUT2D eigenvalue weighted by molar-refractivity contribution is 0.304. The monoisotopic (exact) mass is 646 g/mol. The molecule has 0 saturated heterocycles. The highest BCUT2D eigenvalue weighted by Gasteiger charge is 1.98. The minimum Gasteiger partial charge on any atom is -0.494 e. The summed E-state index contributed by atoms with van der Waals surface area (Å²) < 4.78 is 11.9. The molecule has 0 unspecified atom stereocenters. The molecule has 0 bridgehead atoms. The van der Waals surface area contributed by atoms with Crippen molar-refractivity contribution in [1.29, 1.82) is 0 Å². The highest BCUT2D eigenvalue weighted by atomic mass is 16.5. The van der Waals surface area contributed by atoms with Crippen LogP contribution in [0.5, 0.6) is 11.5 Å². The zero-order chi connectivity index (χ0) is 33.7. The smallest absolute Gasteiger partial charge is 0.119 e. The summed E-state index contributed by atoms with van der Waals surface area (Å²) in [5.74, 6) is 14.9. The average molecular weight is 647 g/mol. The molecule has 0 aliphatic heterocycles. The third-order valence-corrected chi connectivity index (χ3v) is 8.83. The zero-order valence-electron chi connectivity index (χ0n) is 30.3. The van der Waals surface area contributed by atoms with Crippen molar-refractivity contribution in [3.63, 3.8) is 0 Å². The first kappa shape index (κ1) is 38.8. The summed E-state index contributed by atoms with van der Waals surface area (Å²) >= 11 is 0. The van der Waals surface area contributed by atoms with Gasteiger partial charge in [-0.25, -0.2) is 0 Å². The van der Waals surface area contributed by atoms with Crippen LogP contribution in [0, 0.1) is 23.7 Å². The van der Waals surface area contributed by atoms with Gasteiger partial charge in [-0.15, -0.1) is 0 Å². The predicted molar refractivity (Wildman–Crippen MR) is 206 cm³/mol. The predicted octanol–water partition coefficient (Wildman–Crippen LogP) is 13.1. The minimum atomic E-state index is 0.788. The van der Waals surface area contributed by atoms with Gasteiger partial charge >= 0.3 is 0 Å². The number of benzene rings is 3. The van der Waals surface area contributed by atoms with Crippen LogP contribution in [0.15, 0.2) is 72.8 Å². The van der Waals surface area contributed by atoms with Gasteiger partial charge in [-0.1, -0.05) is 153 Å². The van der Waals surface area contributed by atoms with Crippen LogP contribution in [-0.2, 0) is 0 Å². The molecule has 3 aromatic rings. The summed E-state index contributed by atoms with van der Waals surface area (Å²) in [4.78, 5) is 0. The molecule has 0 aliphatic rings. The van der Waals surface area contributed by atoms with Crippen molar-refractivity contribution in [2.24, 2.45) is 0 Å². The Morgan fingerprint density at radius 2 is 0.542 bits per heavy atom. The molecule has 3 rings (SSSR count). The van der Waals surface area contributed by atoms with Gasteiger partial charge in [0.1, 0.15) is 11.5 Å². The quantitative estimate of drug-likeness (QED) is 0.0712. The molecule has 258 valence electrons. The molecule has 0 amide bonds. The van der Waals surface area contributed by atoms with E-state index < -0.39 is 0 Å². The van der Waals surface area contributed by atoms with E-state index in [1.54, 1.807) is 0 Å². The molecule has 0 saturated carbocycles. The third kappa shape index (κ3) is 18.6. The molecule has 0 N–H and O–H groups in total. The Morgan fingerprint density at radius 3 is 0.812 bits per heavy atom. The van der Waals surface area contributed by atoms with E-state index in [0.717, 1.165) is 59.8 Å². The van der Waals surface area contributed by atoms with E-state index >= 15 is 0 Å². The maximum Gasteiger partial charge on any atom is 0.119 e. The van der Waals surface area contributed by atoms with Gasteiger partial charge in [0, 0.05) is 22.3 Å². The van der Waals surface area contributed by atoms with E-state index in [-0.39, 0.29) is 0 Å². The fraction of sp³-hybridized carbons (Fsp3) is 0.522. The normalized spacial score (nSPS) is 10.5. The van der Waals surface area contributed by atoms with Gasteiger partial charge in [0.25, 0.3) is 0 Å². The van der Waals surface area contributed by atoms with Crippen LogP contribution in [0.2, 0.25) is 0 Å². The highest BCUT2D eigenvalue weighted by Crippen LogP contribution is 2.16. The van der Waals surface area contributed by atoms with Gasteiger partial charge in [-0.2, -0.15) is 0 Å². The topological polar surface area (TPSA) is 18.5 Å². The maximum absolute atomic E-state index is 5.95. The Bertz CT molecular complexity index is 1220. The lowest BCUT2D eigenvalue weighted by atomic mass is 10.1. The Morgan fingerprint density at radius 1 is 0.312 bits per heavy atom. The highest BCUT2D eigenvalue weighted by molar-refractivity contribution is 5.48. The van der Waals surface area contributed by atoms with Crippen molar-refractivity contribution in [1.82, 2.24) is 0 Å². The van der Waals surface area contributed by atoms with E-state index in [9.17, 15) is 0 Å². The molecule has 0 aromatic heterocycles. The van der Waals surface area contributed by atoms with Gasteiger partial charge in [-0.3, -0.25) is 0 Å². The maximum atomic E-state index is 5.95. The second-order valence-corrected chi connectivity index (χ2v) is 13.2. The largest absolute Gasteiger partial charge is 0.494 e. The first-order chi connectivity index (χ1) is 23.8. The molecule has 48 heavy (non-hydrogen) atoms. The first-order valence-electron chi connectivity index (χ1n) is 19.4. The molecule has 2 nitrogen and oxygen atoms in total. The molecular formula is C46H62O2. The molecular weight excluding hydrogens is 585 g/mol. The standard InChI is InChI=1S/C46H62O2/c1-3-5-7-9-11-13-15-17-19-21-39-47-45-35-31-43(32-36-45)29-27-41-23-25-42(26-24-41)28-30-44-33-37-46(38-34-44)48-40-22-20-18-16-14-12-10-8-6-4-2/h23-26,31-38H,3-22,39-40H2,1-2H3. The Hall–Kier alpha value is -3.62. The summed E-state index contributed by atoms with van der Waals surface area (Å²) in [6.45, 7) is 6.13. The van der Waals surface area contributed by atoms with E-state index in [1.807, 2.05) is 72.8 Å². The number of hydrogen-bond acceptors (Lipinski definition) is 2. The number of unbranched alkanes of at least 4 members (excludes halogenated alkanes) is 18. The Labute approximate surface area is 294 Å². The van der Waals surface area contributed by atoms with Crippen LogP contribution in [-0.4, -0.2) is 13.2 Å². The van der Waals surface area contributed by atoms with Crippen LogP contribution < -0.4 is 9.47 Å². The average Bonchev–Trinajstić information content (AvgIpc) is 3.12. The van der Waals surface area contributed by atoms with E-state index in [0.29, 0.717) is 0 Å². The van der Waals surface area contributed by atoms with Crippen LogP contribution in [0.4, 0.5) is 0 Å². The molecule has 0 radical (unpaired) electrons. The molecule has 0 atom stereocenters. The van der Waals surface area contributed by atoms with Crippen LogP contribution in [0.25, 0.3) is 0 Å².